The van der Waals surface area contributed by atoms with E-state index in [4.69, 9.17) is 0 Å². The lowest BCUT2D eigenvalue weighted by Gasteiger charge is -2.18. The maximum atomic E-state index is 12.5. The second-order valence-electron chi connectivity index (χ2n) is 7.99. The Morgan fingerprint density at radius 3 is 2.41 bits per heavy atom. The Bertz CT molecular complexity index is 1200. The topological polar surface area (TPSA) is 75.1 Å². The first-order chi connectivity index (χ1) is 13.8. The van der Waals surface area contributed by atoms with Gasteiger partial charge in [-0.1, -0.05) is 61.0 Å². The summed E-state index contributed by atoms with van der Waals surface area (Å²) in [6.45, 7) is 7.00. The number of H-pyrrole nitrogens is 1. The molecule has 29 heavy (non-hydrogen) atoms. The van der Waals surface area contributed by atoms with Crippen molar-refractivity contribution in [2.24, 2.45) is 0 Å². The van der Waals surface area contributed by atoms with Crippen molar-refractivity contribution < 1.29 is 0 Å². The number of anilines is 1. The van der Waals surface area contributed by atoms with Crippen molar-refractivity contribution in [1.29, 1.82) is 0 Å². The summed E-state index contributed by atoms with van der Waals surface area (Å²) in [5.41, 5.74) is 3.70. The van der Waals surface area contributed by atoms with Crippen molar-refractivity contribution in [2.45, 2.75) is 32.7 Å². The molecular formula is C22H22BrN5O. The third-order valence-electron chi connectivity index (χ3n) is 4.72. The molecule has 2 heterocycles. The third kappa shape index (κ3) is 4.24. The van der Waals surface area contributed by atoms with Crippen LogP contribution < -0.4 is 10.9 Å². The number of hydrogen-bond donors (Lipinski definition) is 2. The van der Waals surface area contributed by atoms with Crippen molar-refractivity contribution in [3.8, 4) is 11.4 Å². The zero-order valence-electron chi connectivity index (χ0n) is 16.5. The van der Waals surface area contributed by atoms with E-state index >= 15 is 0 Å². The average Bonchev–Trinajstić information content (AvgIpc) is 3.12. The summed E-state index contributed by atoms with van der Waals surface area (Å²) in [6.07, 6.45) is 0. The lowest BCUT2D eigenvalue weighted by Crippen LogP contribution is -2.17. The average molecular weight is 452 g/mol. The van der Waals surface area contributed by atoms with Gasteiger partial charge in [-0.2, -0.15) is 9.50 Å². The lowest BCUT2D eigenvalue weighted by molar-refractivity contribution is 0.590. The molecule has 0 unspecified atom stereocenters. The van der Waals surface area contributed by atoms with Crippen molar-refractivity contribution in [1.82, 2.24) is 19.6 Å². The molecule has 0 aliphatic carbocycles. The number of aromatic nitrogens is 4. The van der Waals surface area contributed by atoms with E-state index in [1.807, 2.05) is 36.4 Å². The molecule has 0 fully saturated rings. The Morgan fingerprint density at radius 1 is 1.07 bits per heavy atom. The molecule has 6 nitrogen and oxygen atoms in total. The van der Waals surface area contributed by atoms with Crippen LogP contribution in [0.2, 0.25) is 0 Å². The van der Waals surface area contributed by atoms with E-state index in [9.17, 15) is 4.79 Å². The van der Waals surface area contributed by atoms with Crippen LogP contribution in [-0.4, -0.2) is 19.6 Å². The fourth-order valence-electron chi connectivity index (χ4n) is 3.04. The molecule has 4 aromatic rings. The largest absolute Gasteiger partial charge is 0.379 e. The second-order valence-corrected chi connectivity index (χ2v) is 8.91. The minimum absolute atomic E-state index is 0.0809. The van der Waals surface area contributed by atoms with E-state index in [0.717, 1.165) is 21.4 Å². The number of rotatable bonds is 4. The molecule has 0 amide bonds. The number of nitrogens with one attached hydrogen (secondary N) is 2. The van der Waals surface area contributed by atoms with Crippen molar-refractivity contribution >= 4 is 27.4 Å². The zero-order valence-corrected chi connectivity index (χ0v) is 18.1. The van der Waals surface area contributed by atoms with Crippen molar-refractivity contribution in [2.75, 3.05) is 5.32 Å². The van der Waals surface area contributed by atoms with Gasteiger partial charge in [0.05, 0.1) is 6.54 Å². The molecule has 0 atom stereocenters. The molecule has 0 aliphatic heterocycles. The molecule has 7 heteroatoms. The molecular weight excluding hydrogens is 430 g/mol. The summed E-state index contributed by atoms with van der Waals surface area (Å²) >= 11 is 3.42. The van der Waals surface area contributed by atoms with Gasteiger partial charge in [0, 0.05) is 27.5 Å². The first kappa shape index (κ1) is 19.4. The van der Waals surface area contributed by atoms with E-state index in [1.165, 1.54) is 10.1 Å². The summed E-state index contributed by atoms with van der Waals surface area (Å²) in [5.74, 6) is 0.955. The Kier molecular flexibility index (Phi) is 5.00. The number of aromatic amines is 1. The molecule has 0 aliphatic rings. The second kappa shape index (κ2) is 7.48. The van der Waals surface area contributed by atoms with Crippen molar-refractivity contribution in [3.63, 3.8) is 0 Å². The number of benzene rings is 2. The Morgan fingerprint density at radius 2 is 1.76 bits per heavy atom. The number of halogens is 1. The van der Waals surface area contributed by atoms with Gasteiger partial charge in [0.1, 0.15) is 0 Å². The van der Waals surface area contributed by atoms with Crippen LogP contribution >= 0.6 is 15.9 Å². The Balaban J connectivity index is 1.60. The van der Waals surface area contributed by atoms with E-state index in [1.54, 1.807) is 6.07 Å². The predicted octanol–water partition coefficient (Wildman–Crippen LogP) is 4.76. The van der Waals surface area contributed by atoms with E-state index in [2.05, 4.69) is 69.2 Å². The molecule has 148 valence electrons. The normalized spacial score (nSPS) is 11.7. The third-order valence-corrected chi connectivity index (χ3v) is 5.25. The molecule has 2 N–H and O–H groups in total. The quantitative estimate of drug-likeness (QED) is 0.469. The molecule has 0 saturated heterocycles. The summed E-state index contributed by atoms with van der Waals surface area (Å²) in [4.78, 5) is 20.2. The Labute approximate surface area is 177 Å². The first-order valence-electron chi connectivity index (χ1n) is 9.39. The van der Waals surface area contributed by atoms with E-state index in [0.29, 0.717) is 18.1 Å². The summed E-state index contributed by atoms with van der Waals surface area (Å²) in [7, 11) is 0. The monoisotopic (exact) mass is 451 g/mol. The van der Waals surface area contributed by atoms with Crippen LogP contribution in [0, 0.1) is 0 Å². The summed E-state index contributed by atoms with van der Waals surface area (Å²) in [6, 6.07) is 17.6. The SMILES string of the molecule is CC(C)(C)c1ccc(-c2nc3[nH]c(CNc4ccc(Br)cc4)cc(=O)n3n2)cc1. The zero-order chi connectivity index (χ0) is 20.6. The highest BCUT2D eigenvalue weighted by Gasteiger charge is 2.15. The van der Waals surface area contributed by atoms with Crippen LogP contribution in [0.5, 0.6) is 0 Å². The molecule has 2 aromatic carbocycles. The maximum Gasteiger partial charge on any atom is 0.275 e. The van der Waals surface area contributed by atoms with Gasteiger partial charge in [0.25, 0.3) is 5.56 Å². The van der Waals surface area contributed by atoms with Gasteiger partial charge in [0.2, 0.25) is 5.78 Å². The van der Waals surface area contributed by atoms with Gasteiger partial charge in [-0.25, -0.2) is 0 Å². The minimum atomic E-state index is -0.212. The predicted molar refractivity (Wildman–Crippen MR) is 119 cm³/mol. The van der Waals surface area contributed by atoms with Crippen LogP contribution in [0.4, 0.5) is 5.69 Å². The van der Waals surface area contributed by atoms with Crippen molar-refractivity contribution in [3.05, 3.63) is 80.7 Å². The van der Waals surface area contributed by atoms with Gasteiger partial charge in [-0.3, -0.25) is 4.79 Å². The summed E-state index contributed by atoms with van der Waals surface area (Å²) < 4.78 is 2.32. The highest BCUT2D eigenvalue weighted by Crippen LogP contribution is 2.25. The van der Waals surface area contributed by atoms with Crippen LogP contribution in [0.3, 0.4) is 0 Å². The highest BCUT2D eigenvalue weighted by molar-refractivity contribution is 9.10. The number of fused-ring (bicyclic) bond motifs is 1. The van der Waals surface area contributed by atoms with Gasteiger partial charge in [-0.05, 0) is 35.2 Å². The smallest absolute Gasteiger partial charge is 0.275 e. The standard InChI is InChI=1S/C22H22BrN5O/c1-22(2,3)15-6-4-14(5-7-15)20-26-21-25-18(12-19(29)28(21)27-20)13-24-17-10-8-16(23)9-11-17/h4-12,24H,13H2,1-3H3,(H,25,26,27). The molecule has 2 aromatic heterocycles. The molecule has 0 saturated carbocycles. The maximum absolute atomic E-state index is 12.5. The Hall–Kier alpha value is -2.93. The lowest BCUT2D eigenvalue weighted by atomic mass is 9.87. The first-order valence-corrected chi connectivity index (χ1v) is 10.2. The van der Waals surface area contributed by atoms with Crippen LogP contribution in [0.25, 0.3) is 17.2 Å². The molecule has 4 rings (SSSR count). The summed E-state index contributed by atoms with van der Waals surface area (Å²) in [5, 5.41) is 7.67. The molecule has 0 bridgehead atoms. The fraction of sp³-hybridized carbons (Fsp3) is 0.227. The number of nitrogens with zero attached hydrogens (tertiary/aromatic N) is 3. The number of hydrogen-bond acceptors (Lipinski definition) is 4. The van der Waals surface area contributed by atoms with E-state index in [-0.39, 0.29) is 11.0 Å². The van der Waals surface area contributed by atoms with Gasteiger partial charge < -0.3 is 10.3 Å². The fourth-order valence-corrected chi connectivity index (χ4v) is 3.30. The highest BCUT2D eigenvalue weighted by atomic mass is 79.9. The van der Waals surface area contributed by atoms with E-state index < -0.39 is 0 Å². The molecule has 0 radical (unpaired) electrons. The van der Waals surface area contributed by atoms with Gasteiger partial charge in [-0.15, -0.1) is 5.10 Å². The minimum Gasteiger partial charge on any atom is -0.379 e. The van der Waals surface area contributed by atoms with Gasteiger partial charge in [0.15, 0.2) is 5.82 Å². The molecule has 0 spiro atoms. The van der Waals surface area contributed by atoms with Crippen LogP contribution in [0.1, 0.15) is 32.0 Å². The van der Waals surface area contributed by atoms with Gasteiger partial charge >= 0.3 is 0 Å². The van der Waals surface area contributed by atoms with Crippen LogP contribution in [-0.2, 0) is 12.0 Å². The van der Waals surface area contributed by atoms with Crippen LogP contribution in [0.15, 0.2) is 63.9 Å².